The zero-order chi connectivity index (χ0) is 20.8. The van der Waals surface area contributed by atoms with Gasteiger partial charge in [0.2, 0.25) is 0 Å². The van der Waals surface area contributed by atoms with E-state index < -0.39 is 12.1 Å². The largest absolute Gasteiger partial charge is 0.493 e. The molecule has 1 amide bonds. The topological polar surface area (TPSA) is 73.9 Å². The first kappa shape index (κ1) is 20.2. The van der Waals surface area contributed by atoms with Crippen LogP contribution in [0.3, 0.4) is 0 Å². The van der Waals surface area contributed by atoms with Gasteiger partial charge in [0.1, 0.15) is 0 Å². The third kappa shape index (κ3) is 4.85. The molecular weight excluding hydrogens is 370 g/mol. The molecule has 0 saturated heterocycles. The van der Waals surface area contributed by atoms with Gasteiger partial charge in [-0.2, -0.15) is 0 Å². The molecule has 0 aliphatic heterocycles. The summed E-state index contributed by atoms with van der Waals surface area (Å²) in [6.45, 7) is 1.55. The minimum Gasteiger partial charge on any atom is -0.493 e. The monoisotopic (exact) mass is 393 g/mol. The van der Waals surface area contributed by atoms with E-state index in [9.17, 15) is 9.59 Å². The highest BCUT2D eigenvalue weighted by Gasteiger charge is 2.19. The molecule has 0 fully saturated rings. The second kappa shape index (κ2) is 9.10. The number of amides is 1. The Morgan fingerprint density at radius 2 is 1.66 bits per heavy atom. The van der Waals surface area contributed by atoms with Crippen molar-refractivity contribution in [1.82, 2.24) is 0 Å². The summed E-state index contributed by atoms with van der Waals surface area (Å²) in [5.74, 6) is 0.215. The lowest BCUT2D eigenvalue weighted by molar-refractivity contribution is -0.152. The third-order valence-electron chi connectivity index (χ3n) is 4.52. The summed E-state index contributed by atoms with van der Waals surface area (Å²) >= 11 is 0. The third-order valence-corrected chi connectivity index (χ3v) is 4.52. The number of hydrogen-bond acceptors (Lipinski definition) is 5. The zero-order valence-electron chi connectivity index (χ0n) is 16.6. The molecule has 0 bridgehead atoms. The Kier molecular flexibility index (Phi) is 6.34. The van der Waals surface area contributed by atoms with E-state index in [-0.39, 0.29) is 12.3 Å². The van der Waals surface area contributed by atoms with Crippen LogP contribution in [0.25, 0.3) is 10.8 Å². The van der Waals surface area contributed by atoms with E-state index in [1.807, 2.05) is 42.5 Å². The molecule has 1 atom stereocenters. The van der Waals surface area contributed by atoms with Gasteiger partial charge >= 0.3 is 5.97 Å². The number of nitrogens with one attached hydrogen (secondary N) is 1. The molecule has 0 aliphatic rings. The summed E-state index contributed by atoms with van der Waals surface area (Å²) in [5.41, 5.74) is 1.38. The molecule has 3 aromatic carbocycles. The molecule has 3 aromatic rings. The molecular formula is C23H23NO5. The van der Waals surface area contributed by atoms with Crippen molar-refractivity contribution >= 4 is 28.3 Å². The molecule has 1 N–H and O–H groups in total. The second-order valence-electron chi connectivity index (χ2n) is 6.51. The van der Waals surface area contributed by atoms with Crippen molar-refractivity contribution in [2.24, 2.45) is 0 Å². The molecule has 0 unspecified atom stereocenters. The van der Waals surface area contributed by atoms with Gasteiger partial charge in [-0.3, -0.25) is 9.59 Å². The molecule has 6 heteroatoms. The van der Waals surface area contributed by atoms with Crippen LogP contribution in [0.15, 0.2) is 60.7 Å². The van der Waals surface area contributed by atoms with Crippen LogP contribution in [0.2, 0.25) is 0 Å². The summed E-state index contributed by atoms with van der Waals surface area (Å²) in [5, 5.41) is 4.77. The van der Waals surface area contributed by atoms with Crippen LogP contribution in [0.5, 0.6) is 11.5 Å². The number of esters is 1. The molecule has 0 spiro atoms. The number of carbonyl (C=O) groups is 2. The molecule has 0 heterocycles. The highest BCUT2D eigenvalue weighted by Crippen LogP contribution is 2.28. The van der Waals surface area contributed by atoms with Crippen LogP contribution in [0, 0.1) is 0 Å². The Bertz CT molecular complexity index is 1030. The first-order valence-electron chi connectivity index (χ1n) is 9.21. The molecule has 0 aliphatic carbocycles. The van der Waals surface area contributed by atoms with E-state index >= 15 is 0 Å². The number of methoxy groups -OCH3 is 2. The average Bonchev–Trinajstić information content (AvgIpc) is 2.73. The lowest BCUT2D eigenvalue weighted by Crippen LogP contribution is -2.30. The minimum absolute atomic E-state index is 0.0201. The molecule has 0 saturated carbocycles. The normalized spacial score (nSPS) is 11.6. The number of fused-ring (bicyclic) bond motifs is 1. The number of benzene rings is 3. The average molecular weight is 393 g/mol. The number of ether oxygens (including phenoxy) is 3. The van der Waals surface area contributed by atoms with E-state index in [0.29, 0.717) is 22.7 Å². The smallest absolute Gasteiger partial charge is 0.311 e. The summed E-state index contributed by atoms with van der Waals surface area (Å²) in [6, 6.07) is 18.6. The van der Waals surface area contributed by atoms with E-state index in [1.165, 1.54) is 7.11 Å². The quantitative estimate of drug-likeness (QED) is 0.615. The van der Waals surface area contributed by atoms with Crippen LogP contribution in [-0.4, -0.2) is 32.2 Å². The lowest BCUT2D eigenvalue weighted by atomic mass is 10.1. The fraction of sp³-hybridized carbons (Fsp3) is 0.217. The Hall–Kier alpha value is -3.54. The van der Waals surface area contributed by atoms with Crippen molar-refractivity contribution in [3.05, 3.63) is 66.2 Å². The predicted octanol–water partition coefficient (Wildman–Crippen LogP) is 3.97. The molecule has 29 heavy (non-hydrogen) atoms. The Labute approximate surface area is 169 Å². The molecule has 0 radical (unpaired) electrons. The summed E-state index contributed by atoms with van der Waals surface area (Å²) < 4.78 is 15.7. The van der Waals surface area contributed by atoms with Crippen molar-refractivity contribution in [3.8, 4) is 11.5 Å². The van der Waals surface area contributed by atoms with Gasteiger partial charge in [-0.05, 0) is 36.1 Å². The van der Waals surface area contributed by atoms with Crippen molar-refractivity contribution in [1.29, 1.82) is 0 Å². The van der Waals surface area contributed by atoms with Crippen molar-refractivity contribution in [2.75, 3.05) is 19.5 Å². The van der Waals surface area contributed by atoms with Crippen LogP contribution in [0.4, 0.5) is 5.69 Å². The van der Waals surface area contributed by atoms with E-state index in [4.69, 9.17) is 14.2 Å². The van der Waals surface area contributed by atoms with Crippen molar-refractivity contribution < 1.29 is 23.8 Å². The number of anilines is 1. The molecule has 150 valence electrons. The molecule has 0 aromatic heterocycles. The Morgan fingerprint density at radius 3 is 2.41 bits per heavy atom. The Morgan fingerprint density at radius 1 is 0.931 bits per heavy atom. The SMILES string of the molecule is COc1ccc(CC(=O)O[C@H](C)C(=O)Nc2cccc3ccccc23)cc1OC. The first-order valence-corrected chi connectivity index (χ1v) is 9.21. The van der Waals surface area contributed by atoms with Crippen molar-refractivity contribution in [3.63, 3.8) is 0 Å². The highest BCUT2D eigenvalue weighted by molar-refractivity contribution is 6.03. The summed E-state index contributed by atoms with van der Waals surface area (Å²) in [4.78, 5) is 24.8. The van der Waals surface area contributed by atoms with Gasteiger partial charge < -0.3 is 19.5 Å². The van der Waals surface area contributed by atoms with E-state index in [2.05, 4.69) is 5.32 Å². The summed E-state index contributed by atoms with van der Waals surface area (Å²) in [6.07, 6.45) is -0.909. The highest BCUT2D eigenvalue weighted by atomic mass is 16.5. The van der Waals surface area contributed by atoms with Crippen molar-refractivity contribution in [2.45, 2.75) is 19.4 Å². The summed E-state index contributed by atoms with van der Waals surface area (Å²) in [7, 11) is 3.07. The molecule has 6 nitrogen and oxygen atoms in total. The number of rotatable bonds is 7. The standard InChI is InChI=1S/C23H23NO5/c1-15(23(26)24-19-10-6-8-17-7-4-5-9-18(17)19)29-22(25)14-16-11-12-20(27-2)21(13-16)28-3/h4-13,15H,14H2,1-3H3,(H,24,26)/t15-/m1/s1. The fourth-order valence-corrected chi connectivity index (χ4v) is 3.02. The fourth-order valence-electron chi connectivity index (χ4n) is 3.02. The van der Waals surface area contributed by atoms with Crippen LogP contribution < -0.4 is 14.8 Å². The van der Waals surface area contributed by atoms with E-state index in [0.717, 1.165) is 10.8 Å². The molecule has 3 rings (SSSR count). The Balaban J connectivity index is 1.62. The van der Waals surface area contributed by atoms with Gasteiger partial charge in [0.05, 0.1) is 20.6 Å². The second-order valence-corrected chi connectivity index (χ2v) is 6.51. The minimum atomic E-state index is -0.929. The maximum atomic E-state index is 12.5. The maximum Gasteiger partial charge on any atom is 0.311 e. The lowest BCUT2D eigenvalue weighted by Gasteiger charge is -2.15. The predicted molar refractivity (Wildman–Crippen MR) is 111 cm³/mol. The van der Waals surface area contributed by atoms with Gasteiger partial charge in [-0.1, -0.05) is 42.5 Å². The van der Waals surface area contributed by atoms with Gasteiger partial charge in [0.15, 0.2) is 17.6 Å². The van der Waals surface area contributed by atoms with Crippen LogP contribution in [0.1, 0.15) is 12.5 Å². The van der Waals surface area contributed by atoms with Crippen LogP contribution in [-0.2, 0) is 20.7 Å². The first-order chi connectivity index (χ1) is 14.0. The number of carbonyl (C=O) groups excluding carboxylic acids is 2. The van der Waals surface area contributed by atoms with Gasteiger partial charge in [0.25, 0.3) is 5.91 Å². The number of hydrogen-bond donors (Lipinski definition) is 1. The zero-order valence-corrected chi connectivity index (χ0v) is 16.6. The van der Waals surface area contributed by atoms with Gasteiger partial charge in [0, 0.05) is 11.1 Å². The van der Waals surface area contributed by atoms with Gasteiger partial charge in [-0.15, -0.1) is 0 Å². The van der Waals surface area contributed by atoms with Crippen LogP contribution >= 0.6 is 0 Å². The maximum absolute atomic E-state index is 12.5. The van der Waals surface area contributed by atoms with Gasteiger partial charge in [-0.25, -0.2) is 0 Å². The van der Waals surface area contributed by atoms with E-state index in [1.54, 1.807) is 32.2 Å².